The molecule has 0 saturated carbocycles. The molecule has 9 rings (SSSR count). The molecule has 0 aliphatic rings. The third-order valence-corrected chi connectivity index (χ3v) is 14.9. The van der Waals surface area contributed by atoms with Crippen molar-refractivity contribution in [1.82, 2.24) is 19.5 Å². The first-order valence-corrected chi connectivity index (χ1v) is 24.4. The van der Waals surface area contributed by atoms with Gasteiger partial charge in [0.25, 0.3) is 0 Å². The van der Waals surface area contributed by atoms with Crippen molar-refractivity contribution < 1.29 is 5.11 Å². The summed E-state index contributed by atoms with van der Waals surface area (Å²) in [6, 6.07) is 48.0. The van der Waals surface area contributed by atoms with Crippen molar-refractivity contribution in [2.45, 2.75) is 105 Å². The third-order valence-electron chi connectivity index (χ3n) is 12.6. The number of pyridine rings is 1. The van der Waals surface area contributed by atoms with E-state index in [2.05, 4.69) is 221 Å². The van der Waals surface area contributed by atoms with Gasteiger partial charge in [0.1, 0.15) is 5.75 Å². The standard InChI is InChI=1S/C59H60N4OSe/c1-56(2,3)40-25-26-49(44(33-40)36-19-14-13-15-20-36)63-50-23-18-21-43(52(50)62-54(63)45-34-42(58(7,8)9)35-46(53(45)64)59(10,11)12)38-29-39(31-41(30-38)57(4,5)6)48-32-37(27-28-60-48)55-61-47-22-16-17-24-51(47)65-55/h13-35,64H,1-12H3. The van der Waals surface area contributed by atoms with Crippen molar-refractivity contribution in [3.05, 3.63) is 162 Å². The Balaban J connectivity index is 1.34. The molecule has 0 saturated heterocycles. The van der Waals surface area contributed by atoms with E-state index in [1.165, 1.54) is 15.4 Å². The number of hydrogen-bond acceptors (Lipinski definition) is 4. The Hall–Kier alpha value is -6.07. The van der Waals surface area contributed by atoms with Gasteiger partial charge in [-0.3, -0.25) is 0 Å². The van der Waals surface area contributed by atoms with Gasteiger partial charge in [0.05, 0.1) is 0 Å². The summed E-state index contributed by atoms with van der Waals surface area (Å²) in [5.41, 5.74) is 15.7. The molecule has 328 valence electrons. The van der Waals surface area contributed by atoms with Crippen molar-refractivity contribution in [2.75, 3.05) is 0 Å². The molecular formula is C59H60N4OSe. The minimum absolute atomic E-state index is 0.0729. The fourth-order valence-electron chi connectivity index (χ4n) is 8.69. The number of para-hydroxylation sites is 2. The Labute approximate surface area is 391 Å². The van der Waals surface area contributed by atoms with Crippen molar-refractivity contribution in [2.24, 2.45) is 0 Å². The topological polar surface area (TPSA) is 63.8 Å². The first-order chi connectivity index (χ1) is 30.6. The number of hydrogen-bond donors (Lipinski definition) is 1. The number of rotatable bonds is 6. The second kappa shape index (κ2) is 16.1. The van der Waals surface area contributed by atoms with E-state index in [4.69, 9.17) is 15.0 Å². The van der Waals surface area contributed by atoms with Crippen LogP contribution in [0.4, 0.5) is 0 Å². The number of phenols is 1. The summed E-state index contributed by atoms with van der Waals surface area (Å²) < 4.78 is 4.73. The van der Waals surface area contributed by atoms with E-state index in [1.807, 2.05) is 6.20 Å². The van der Waals surface area contributed by atoms with Crippen LogP contribution >= 0.6 is 0 Å². The number of aromatic hydroxyl groups is 1. The Morgan fingerprint density at radius 3 is 1.85 bits per heavy atom. The zero-order valence-corrected chi connectivity index (χ0v) is 41.6. The van der Waals surface area contributed by atoms with Gasteiger partial charge in [0.2, 0.25) is 0 Å². The second-order valence-electron chi connectivity index (χ2n) is 21.7. The van der Waals surface area contributed by atoms with Gasteiger partial charge in [-0.25, -0.2) is 0 Å². The Bertz CT molecular complexity index is 3220. The number of aromatic nitrogens is 4. The Morgan fingerprint density at radius 1 is 0.492 bits per heavy atom. The van der Waals surface area contributed by atoms with Crippen LogP contribution in [0.5, 0.6) is 5.75 Å². The van der Waals surface area contributed by atoms with E-state index in [9.17, 15) is 5.11 Å². The van der Waals surface area contributed by atoms with E-state index >= 15 is 0 Å². The number of phenolic OH excluding ortho intramolecular Hbond substituents is 1. The van der Waals surface area contributed by atoms with Gasteiger partial charge < -0.3 is 5.11 Å². The Kier molecular flexibility index (Phi) is 10.9. The van der Waals surface area contributed by atoms with E-state index in [0.717, 1.165) is 77.0 Å². The molecule has 3 heterocycles. The molecule has 0 spiro atoms. The number of fused-ring (bicyclic) bond motifs is 2. The number of imidazole rings is 1. The summed E-state index contributed by atoms with van der Waals surface area (Å²) in [5.74, 6) is 0.958. The fraction of sp³-hybridized carbons (Fsp3) is 0.271. The molecule has 0 amide bonds. The van der Waals surface area contributed by atoms with Crippen LogP contribution in [0.1, 0.15) is 105 Å². The van der Waals surface area contributed by atoms with Crippen LogP contribution in [0.2, 0.25) is 0 Å². The van der Waals surface area contributed by atoms with Crippen molar-refractivity contribution in [1.29, 1.82) is 0 Å². The summed E-state index contributed by atoms with van der Waals surface area (Å²) in [7, 11) is 0. The van der Waals surface area contributed by atoms with Gasteiger partial charge in [0.15, 0.2) is 0 Å². The monoisotopic (exact) mass is 920 g/mol. The zero-order valence-electron chi connectivity index (χ0n) is 39.9. The fourth-order valence-corrected chi connectivity index (χ4v) is 10.7. The summed E-state index contributed by atoms with van der Waals surface area (Å²) in [6.07, 6.45) is 1.92. The van der Waals surface area contributed by atoms with Gasteiger partial charge in [-0.1, -0.05) is 105 Å². The molecule has 9 aromatic rings. The van der Waals surface area contributed by atoms with Gasteiger partial charge in [0, 0.05) is 11.1 Å². The van der Waals surface area contributed by atoms with Crippen LogP contribution < -0.4 is 0 Å². The molecule has 3 aromatic heterocycles. The summed E-state index contributed by atoms with van der Waals surface area (Å²) in [4.78, 5) is 15.7. The summed E-state index contributed by atoms with van der Waals surface area (Å²) in [6.45, 7) is 26.8. The van der Waals surface area contributed by atoms with Gasteiger partial charge in [-0.15, -0.1) is 0 Å². The summed E-state index contributed by atoms with van der Waals surface area (Å²) in [5, 5.41) is 12.6. The van der Waals surface area contributed by atoms with Crippen molar-refractivity contribution in [3.63, 3.8) is 0 Å². The molecular weight excluding hydrogens is 860 g/mol. The van der Waals surface area contributed by atoms with Crippen molar-refractivity contribution >= 4 is 35.3 Å². The average Bonchev–Trinajstić information content (AvgIpc) is 3.87. The van der Waals surface area contributed by atoms with E-state index < -0.39 is 0 Å². The molecule has 6 aromatic carbocycles. The SMILES string of the molecule is CC(C)(C)c1cc(-c2cc(-c3nc4ccccc4[se]3)ccn2)cc(-c2cccc3c2nc(-c2cc(C(C)(C)C)cc(C(C)(C)C)c2O)n3-c2ccc(C(C)(C)C)cc2-c2ccccc2)c1. The van der Waals surface area contributed by atoms with Crippen LogP contribution in [-0.2, 0) is 21.7 Å². The zero-order chi connectivity index (χ0) is 46.2. The van der Waals surface area contributed by atoms with Crippen LogP contribution in [-0.4, -0.2) is 39.1 Å². The first-order valence-electron chi connectivity index (χ1n) is 22.7. The first kappa shape index (κ1) is 44.1. The average molecular weight is 920 g/mol. The summed E-state index contributed by atoms with van der Waals surface area (Å²) >= 11 is 0.127. The number of nitrogens with zero attached hydrogens (tertiary/aromatic N) is 4. The molecule has 0 fully saturated rings. The quantitative estimate of drug-likeness (QED) is 0.169. The normalized spacial score (nSPS) is 12.7. The molecule has 65 heavy (non-hydrogen) atoms. The van der Waals surface area contributed by atoms with Crippen LogP contribution in [0, 0.1) is 0 Å². The molecule has 1 N–H and O–H groups in total. The molecule has 0 aliphatic heterocycles. The second-order valence-corrected chi connectivity index (χ2v) is 23.8. The molecule has 5 nitrogen and oxygen atoms in total. The van der Waals surface area contributed by atoms with Gasteiger partial charge in [-0.2, -0.15) is 0 Å². The minimum atomic E-state index is -0.323. The predicted octanol–water partition coefficient (Wildman–Crippen LogP) is 15.3. The Morgan fingerprint density at radius 2 is 1.15 bits per heavy atom. The maximum atomic E-state index is 12.6. The van der Waals surface area contributed by atoms with Gasteiger partial charge in [-0.05, 0) is 51.1 Å². The van der Waals surface area contributed by atoms with Crippen molar-refractivity contribution in [3.8, 4) is 66.5 Å². The van der Waals surface area contributed by atoms with Gasteiger partial charge >= 0.3 is 215 Å². The van der Waals surface area contributed by atoms with Crippen LogP contribution in [0.15, 0.2) is 140 Å². The van der Waals surface area contributed by atoms with Crippen LogP contribution in [0.3, 0.4) is 0 Å². The number of benzene rings is 6. The predicted molar refractivity (Wildman–Crippen MR) is 275 cm³/mol. The van der Waals surface area contributed by atoms with E-state index in [1.54, 1.807) is 0 Å². The molecule has 0 unspecified atom stereocenters. The molecule has 0 radical (unpaired) electrons. The molecule has 0 bridgehead atoms. The third kappa shape index (κ3) is 8.51. The van der Waals surface area contributed by atoms with E-state index in [-0.39, 0.29) is 41.9 Å². The van der Waals surface area contributed by atoms with E-state index in [0.29, 0.717) is 11.4 Å². The molecule has 0 atom stereocenters. The maximum absolute atomic E-state index is 12.6. The molecule has 6 heteroatoms. The van der Waals surface area contributed by atoms with Crippen LogP contribution in [0.25, 0.3) is 81.5 Å². The molecule has 0 aliphatic carbocycles.